The minimum atomic E-state index is -0.711. The fourth-order valence-corrected chi connectivity index (χ4v) is 12.9. The number of hydrogen-bond acceptors (Lipinski definition) is 13. The topological polar surface area (TPSA) is 212 Å². The number of carbonyl (C=O) groups is 2. The van der Waals surface area contributed by atoms with Crippen LogP contribution in [0.3, 0.4) is 0 Å². The van der Waals surface area contributed by atoms with Crippen molar-refractivity contribution in [1.82, 2.24) is 57.8 Å². The molecule has 4 N–H and O–H groups in total. The zero-order valence-electron chi connectivity index (χ0n) is 61.2. The van der Waals surface area contributed by atoms with E-state index >= 15 is 4.39 Å². The SMILES string of the molecule is CC(C)CCc1cnc2c(F)c(Nc3ccc(Cl)cc3Cl)c(C(=O)NOCCO)cn12.CCCCc1nc2ccccn2c1Cc1ccc(C#N)cc1.CCN(CC)C(=O)c1ccc2nc(-c3ccc(Br)cc3)c(CN(C)Cc3ccccc3)n2c1.Cc1ccnc(NCc2c(C)nc3cc(C)ccn23)c1. The number of aryl methyl sites for hydroxylation is 5. The molecule has 0 unspecified atom stereocenters. The van der Waals surface area contributed by atoms with Crippen molar-refractivity contribution < 1.29 is 23.9 Å². The summed E-state index contributed by atoms with van der Waals surface area (Å²) in [5, 5.41) is 24.7. The number of halogens is 4. The largest absolute Gasteiger partial charge is 0.394 e. The molecule has 9 aromatic heterocycles. The van der Waals surface area contributed by atoms with Gasteiger partial charge < -0.3 is 38.2 Å². The molecule has 548 valence electrons. The van der Waals surface area contributed by atoms with Gasteiger partial charge in [0.1, 0.15) is 22.8 Å². The average Bonchev–Trinajstić information content (AvgIpc) is 1.58. The molecule has 23 heteroatoms. The molecular weight excluding hydrogens is 1440 g/mol. The van der Waals surface area contributed by atoms with Crippen molar-refractivity contribution in [2.75, 3.05) is 44.0 Å². The second-order valence-corrected chi connectivity index (χ2v) is 28.0. The molecule has 0 saturated carbocycles. The highest BCUT2D eigenvalue weighted by Crippen LogP contribution is 2.34. The van der Waals surface area contributed by atoms with Crippen molar-refractivity contribution in [3.8, 4) is 17.3 Å². The number of nitrogens with zero attached hydrogens (tertiary/aromatic N) is 12. The van der Waals surface area contributed by atoms with Crippen LogP contribution in [0.15, 0.2) is 193 Å². The number of unbranched alkanes of at least 4 members (excludes halogenated alkanes) is 1. The summed E-state index contributed by atoms with van der Waals surface area (Å²) in [4.78, 5) is 57.7. The van der Waals surface area contributed by atoms with Gasteiger partial charge in [-0.3, -0.25) is 19.3 Å². The van der Waals surface area contributed by atoms with E-state index in [0.29, 0.717) is 60.4 Å². The first-order valence-corrected chi connectivity index (χ1v) is 37.1. The Morgan fingerprint density at radius 3 is 2.18 bits per heavy atom. The number of aliphatic hydroxyl groups excluding tert-OH is 1. The summed E-state index contributed by atoms with van der Waals surface area (Å²) in [6.07, 6.45) is 16.8. The zero-order chi connectivity index (χ0) is 75.4. The first-order chi connectivity index (χ1) is 51.3. The third kappa shape index (κ3) is 20.2. The summed E-state index contributed by atoms with van der Waals surface area (Å²) in [6.45, 7) is 19.8. The van der Waals surface area contributed by atoms with E-state index in [-0.39, 0.29) is 41.0 Å². The quantitative estimate of drug-likeness (QED) is 0.0310. The van der Waals surface area contributed by atoms with E-state index in [0.717, 1.165) is 87.8 Å². The third-order valence-corrected chi connectivity index (χ3v) is 18.9. The van der Waals surface area contributed by atoms with Crippen LogP contribution in [-0.4, -0.2) is 103 Å². The lowest BCUT2D eigenvalue weighted by Crippen LogP contribution is -2.30. The summed E-state index contributed by atoms with van der Waals surface area (Å²) in [7, 11) is 2.11. The molecule has 19 nitrogen and oxygen atoms in total. The Morgan fingerprint density at radius 2 is 1.47 bits per heavy atom. The summed E-state index contributed by atoms with van der Waals surface area (Å²) in [6, 6.07) is 51.5. The van der Waals surface area contributed by atoms with Gasteiger partial charge in [0.2, 0.25) is 0 Å². The number of hydrogen-bond donors (Lipinski definition) is 4. The summed E-state index contributed by atoms with van der Waals surface area (Å²) in [5.41, 5.74) is 20.2. The number of pyridine rings is 5. The third-order valence-electron chi connectivity index (χ3n) is 17.8. The Morgan fingerprint density at radius 1 is 0.736 bits per heavy atom. The molecule has 0 aliphatic rings. The molecule has 106 heavy (non-hydrogen) atoms. The van der Waals surface area contributed by atoms with Crippen LogP contribution >= 0.6 is 39.1 Å². The van der Waals surface area contributed by atoms with Gasteiger partial charge >= 0.3 is 0 Å². The number of benzene rings is 4. The Hall–Kier alpha value is -10.3. The number of imidazole rings is 4. The van der Waals surface area contributed by atoms with E-state index in [1.807, 2.05) is 117 Å². The highest BCUT2D eigenvalue weighted by Gasteiger charge is 2.25. The molecule has 2 amide bonds. The minimum Gasteiger partial charge on any atom is -0.394 e. The number of anilines is 3. The number of aromatic nitrogens is 9. The average molecular weight is 1530 g/mol. The Kier molecular flexibility index (Phi) is 27.8. The minimum absolute atomic E-state index is 0.0160. The van der Waals surface area contributed by atoms with Crippen molar-refractivity contribution in [3.05, 3.63) is 282 Å². The van der Waals surface area contributed by atoms with Crippen molar-refractivity contribution in [2.45, 2.75) is 114 Å². The molecule has 13 aromatic rings. The van der Waals surface area contributed by atoms with Gasteiger partial charge in [-0.2, -0.15) is 5.26 Å². The van der Waals surface area contributed by atoms with Crippen LogP contribution in [0, 0.1) is 43.8 Å². The van der Waals surface area contributed by atoms with E-state index < -0.39 is 11.7 Å². The maximum absolute atomic E-state index is 15.5. The molecule has 9 heterocycles. The molecule has 0 bridgehead atoms. The molecule has 0 spiro atoms. The fourth-order valence-electron chi connectivity index (χ4n) is 12.1. The van der Waals surface area contributed by atoms with Crippen LogP contribution < -0.4 is 16.1 Å². The number of hydroxylamine groups is 1. The predicted molar refractivity (Wildman–Crippen MR) is 424 cm³/mol. The number of amides is 2. The first kappa shape index (κ1) is 78.3. The maximum atomic E-state index is 15.5. The number of rotatable bonds is 25. The monoisotopic (exact) mass is 1530 g/mol. The molecule has 0 aliphatic heterocycles. The number of fused-ring (bicyclic) bond motifs is 4. The summed E-state index contributed by atoms with van der Waals surface area (Å²) >= 11 is 15.7. The highest BCUT2D eigenvalue weighted by atomic mass is 79.9. The van der Waals surface area contributed by atoms with Gasteiger partial charge in [-0.1, -0.05) is 127 Å². The van der Waals surface area contributed by atoms with Crippen LogP contribution in [0.4, 0.5) is 21.6 Å². The molecular formula is C83H89BrCl2FN15O4. The van der Waals surface area contributed by atoms with E-state index in [2.05, 4.69) is 180 Å². The van der Waals surface area contributed by atoms with E-state index in [4.69, 9.17) is 48.4 Å². The van der Waals surface area contributed by atoms with Crippen LogP contribution in [0.2, 0.25) is 10.0 Å². The van der Waals surface area contributed by atoms with Gasteiger partial charge in [-0.15, -0.1) is 0 Å². The molecule has 0 saturated heterocycles. The summed E-state index contributed by atoms with van der Waals surface area (Å²) in [5.74, 6) is -0.00385. The number of aliphatic hydroxyl groups is 1. The van der Waals surface area contributed by atoms with Gasteiger partial charge in [-0.05, 0) is 187 Å². The first-order valence-electron chi connectivity index (χ1n) is 35.5. The molecule has 0 atom stereocenters. The van der Waals surface area contributed by atoms with Crippen LogP contribution in [0.5, 0.6) is 0 Å². The second kappa shape index (κ2) is 37.6. The zero-order valence-corrected chi connectivity index (χ0v) is 64.3. The lowest BCUT2D eigenvalue weighted by atomic mass is 10.0. The van der Waals surface area contributed by atoms with Gasteiger partial charge in [0.25, 0.3) is 11.8 Å². The van der Waals surface area contributed by atoms with E-state index in [9.17, 15) is 9.59 Å². The van der Waals surface area contributed by atoms with Crippen molar-refractivity contribution in [1.29, 1.82) is 5.26 Å². The van der Waals surface area contributed by atoms with Crippen LogP contribution in [0.25, 0.3) is 33.8 Å². The Balaban J connectivity index is 0.000000154. The number of nitriles is 1. The smallest absolute Gasteiger partial charge is 0.278 e. The maximum Gasteiger partial charge on any atom is 0.278 e. The molecule has 0 radical (unpaired) electrons. The van der Waals surface area contributed by atoms with Gasteiger partial charge in [-0.25, -0.2) is 34.8 Å². The summed E-state index contributed by atoms with van der Waals surface area (Å²) < 4.78 is 24.5. The normalized spacial score (nSPS) is 11.1. The molecule has 0 aliphatic carbocycles. The van der Waals surface area contributed by atoms with Gasteiger partial charge in [0, 0.05) is 90.5 Å². The Labute approximate surface area is 636 Å². The highest BCUT2D eigenvalue weighted by molar-refractivity contribution is 9.10. The van der Waals surface area contributed by atoms with Crippen LogP contribution in [0.1, 0.15) is 137 Å². The fraction of sp³-hybridized carbons (Fsp3) is 0.277. The van der Waals surface area contributed by atoms with E-state index in [1.54, 1.807) is 22.7 Å². The lowest BCUT2D eigenvalue weighted by molar-refractivity contribution is 0.0168. The molecule has 4 aromatic carbocycles. The lowest BCUT2D eigenvalue weighted by Gasteiger charge is -2.20. The van der Waals surface area contributed by atoms with Gasteiger partial charge in [0.05, 0.1) is 93.1 Å². The Bertz CT molecular complexity index is 5170. The van der Waals surface area contributed by atoms with Gasteiger partial charge in [0.15, 0.2) is 11.5 Å². The number of nitrogens with one attached hydrogen (secondary N) is 3. The number of carbonyl (C=O) groups excluding carboxylic acids is 2. The standard InChI is InChI=1S/C27H29BrN4O.C21H23Cl2FN4O3.C19H19N3.C16H18N4/c1-4-31(5-2)27(33)22-13-16-25-29-26(21-11-14-23(28)15-12-21)24(32(25)18-22)19-30(3)17-20-9-7-6-8-10-20;1-12(2)3-5-14-10-25-20-18(24)19(26-17-6-4-13(22)9-16(17)23)15(11-28(14)20)21(30)27-31-8-7-29;1-2-3-6-17-18(22-12-5-4-7-19(22)21-17)13-15-8-10-16(14-20)11-9-15;1-11-4-6-17-15(8-11)18-10-14-13(3)19-16-9-12(2)5-7-20(14)16/h6-16,18H,4-5,17,19H2,1-3H3;4,6,9-12,26,29H,3,5,7-8H2,1-2H3,(H,27,30);4-5,7-12H,2-3,6,13H2,1H3;4-9H,10H2,1-3H3,(H,17,18). The van der Waals surface area contributed by atoms with Crippen molar-refractivity contribution in [3.63, 3.8) is 0 Å². The van der Waals surface area contributed by atoms with Crippen molar-refractivity contribution >= 4 is 90.7 Å². The van der Waals surface area contributed by atoms with Crippen molar-refractivity contribution in [2.24, 2.45) is 5.92 Å². The van der Waals surface area contributed by atoms with Crippen LogP contribution in [-0.2, 0) is 43.7 Å². The van der Waals surface area contributed by atoms with E-state index in [1.165, 1.54) is 58.0 Å². The predicted octanol–water partition coefficient (Wildman–Crippen LogP) is 18.0. The second-order valence-electron chi connectivity index (χ2n) is 26.2. The molecule has 0 fully saturated rings. The molecule has 13 rings (SSSR count).